The van der Waals surface area contributed by atoms with E-state index in [0.717, 1.165) is 41.6 Å². The number of hydrogen-bond donors (Lipinski definition) is 1. The van der Waals surface area contributed by atoms with Crippen molar-refractivity contribution in [1.82, 2.24) is 15.2 Å². The average molecular weight is 323 g/mol. The highest BCUT2D eigenvalue weighted by atomic mass is 32.2. The third kappa shape index (κ3) is 3.79. The lowest BCUT2D eigenvalue weighted by atomic mass is 10.4. The quantitative estimate of drug-likeness (QED) is 0.943. The number of thiophene rings is 1. The molecule has 3 rings (SSSR count). The van der Waals surface area contributed by atoms with E-state index >= 15 is 0 Å². The van der Waals surface area contributed by atoms with Gasteiger partial charge in [0.15, 0.2) is 0 Å². The normalized spacial score (nSPS) is 15.7. The van der Waals surface area contributed by atoms with Gasteiger partial charge in [0.1, 0.15) is 6.26 Å². The maximum absolute atomic E-state index is 12.1. The zero-order valence-corrected chi connectivity index (χ0v) is 13.2. The number of oxazole rings is 1. The Balaban J connectivity index is 1.54. The zero-order chi connectivity index (χ0) is 14.5. The van der Waals surface area contributed by atoms with Crippen LogP contribution in [-0.2, 0) is 6.54 Å². The van der Waals surface area contributed by atoms with Crippen molar-refractivity contribution in [2.24, 2.45) is 0 Å². The molecule has 2 aromatic heterocycles. The van der Waals surface area contributed by atoms with Crippen LogP contribution in [0.15, 0.2) is 28.2 Å². The summed E-state index contributed by atoms with van der Waals surface area (Å²) >= 11 is 3.49. The van der Waals surface area contributed by atoms with Crippen LogP contribution in [-0.4, -0.2) is 40.5 Å². The third-order valence-corrected chi connectivity index (χ3v) is 5.12. The van der Waals surface area contributed by atoms with Crippen LogP contribution < -0.4 is 5.32 Å². The van der Waals surface area contributed by atoms with Crippen LogP contribution >= 0.6 is 23.1 Å². The van der Waals surface area contributed by atoms with Crippen LogP contribution in [0.3, 0.4) is 0 Å². The van der Waals surface area contributed by atoms with Gasteiger partial charge in [0.05, 0.1) is 17.1 Å². The minimum atomic E-state index is -0.0156. The SMILES string of the molecule is O=C(NCc1coc(-c2cccs2)n1)N1CCCSCC1. The minimum absolute atomic E-state index is 0.0156. The Hall–Kier alpha value is -1.47. The van der Waals surface area contributed by atoms with Gasteiger partial charge in [0, 0.05) is 18.8 Å². The first-order valence-electron chi connectivity index (χ1n) is 6.92. The second-order valence-electron chi connectivity index (χ2n) is 4.73. The Kier molecular flexibility index (Phi) is 4.82. The second-order valence-corrected chi connectivity index (χ2v) is 6.91. The molecule has 0 radical (unpaired) electrons. The van der Waals surface area contributed by atoms with Crippen molar-refractivity contribution in [1.29, 1.82) is 0 Å². The molecule has 0 unspecified atom stereocenters. The van der Waals surface area contributed by atoms with Gasteiger partial charge in [0.25, 0.3) is 0 Å². The highest BCUT2D eigenvalue weighted by Gasteiger charge is 2.16. The molecule has 1 fully saturated rings. The summed E-state index contributed by atoms with van der Waals surface area (Å²) in [6.45, 7) is 2.05. The molecule has 21 heavy (non-hydrogen) atoms. The molecule has 0 saturated carbocycles. The van der Waals surface area contributed by atoms with Crippen molar-refractivity contribution >= 4 is 29.1 Å². The maximum atomic E-state index is 12.1. The van der Waals surface area contributed by atoms with E-state index in [1.54, 1.807) is 17.6 Å². The van der Waals surface area contributed by atoms with Crippen LogP contribution in [0, 0.1) is 0 Å². The van der Waals surface area contributed by atoms with Gasteiger partial charge < -0.3 is 14.6 Å². The van der Waals surface area contributed by atoms with Crippen LogP contribution in [0.25, 0.3) is 10.8 Å². The van der Waals surface area contributed by atoms with Gasteiger partial charge in [0.2, 0.25) is 5.89 Å². The monoisotopic (exact) mass is 323 g/mol. The molecule has 3 heterocycles. The van der Waals surface area contributed by atoms with Crippen LogP contribution in [0.1, 0.15) is 12.1 Å². The summed E-state index contributed by atoms with van der Waals surface area (Å²) in [5.41, 5.74) is 0.746. The molecule has 0 bridgehead atoms. The molecule has 2 amide bonds. The van der Waals surface area contributed by atoms with Gasteiger partial charge in [-0.2, -0.15) is 11.8 Å². The number of urea groups is 1. The standard InChI is InChI=1S/C14H17N3O2S2/c18-14(17-4-2-6-20-8-5-17)15-9-11-10-19-13(16-11)12-3-1-7-21-12/h1,3,7,10H,2,4-6,8-9H2,(H,15,18). The van der Waals surface area contributed by atoms with Gasteiger partial charge in [-0.25, -0.2) is 9.78 Å². The molecular formula is C14H17N3O2S2. The molecule has 1 saturated heterocycles. The summed E-state index contributed by atoms with van der Waals surface area (Å²) in [5.74, 6) is 2.76. The van der Waals surface area contributed by atoms with Gasteiger partial charge in [-0.3, -0.25) is 0 Å². The van der Waals surface area contributed by atoms with Gasteiger partial charge >= 0.3 is 6.03 Å². The van der Waals surface area contributed by atoms with Crippen molar-refractivity contribution in [3.8, 4) is 10.8 Å². The molecule has 1 aliphatic heterocycles. The second kappa shape index (κ2) is 7.00. The first-order valence-corrected chi connectivity index (χ1v) is 8.95. The number of nitrogens with zero attached hydrogens (tertiary/aromatic N) is 2. The molecule has 2 aromatic rings. The van der Waals surface area contributed by atoms with E-state index in [1.807, 2.05) is 34.2 Å². The van der Waals surface area contributed by atoms with E-state index in [1.165, 1.54) is 0 Å². The van der Waals surface area contributed by atoms with E-state index in [4.69, 9.17) is 4.42 Å². The number of rotatable bonds is 3. The molecule has 0 aromatic carbocycles. The average Bonchev–Trinajstić information content (AvgIpc) is 3.11. The Labute approximate surface area is 131 Å². The fraction of sp³-hybridized carbons (Fsp3) is 0.429. The van der Waals surface area contributed by atoms with Crippen LogP contribution in [0.4, 0.5) is 4.79 Å². The Morgan fingerprint density at radius 3 is 3.24 bits per heavy atom. The smallest absolute Gasteiger partial charge is 0.317 e. The van der Waals surface area contributed by atoms with Gasteiger partial charge in [-0.15, -0.1) is 11.3 Å². The van der Waals surface area contributed by atoms with Crippen molar-refractivity contribution in [2.45, 2.75) is 13.0 Å². The number of aromatic nitrogens is 1. The number of hydrogen-bond acceptors (Lipinski definition) is 5. The van der Waals surface area contributed by atoms with Crippen LogP contribution in [0.2, 0.25) is 0 Å². The largest absolute Gasteiger partial charge is 0.443 e. The number of carbonyl (C=O) groups is 1. The van der Waals surface area contributed by atoms with E-state index in [-0.39, 0.29) is 6.03 Å². The number of nitrogens with one attached hydrogen (secondary N) is 1. The molecule has 112 valence electrons. The summed E-state index contributed by atoms with van der Waals surface area (Å²) in [6.07, 6.45) is 2.66. The van der Waals surface area contributed by atoms with E-state index in [0.29, 0.717) is 12.4 Å². The predicted molar refractivity (Wildman–Crippen MR) is 85.6 cm³/mol. The molecule has 0 spiro atoms. The summed E-state index contributed by atoms with van der Waals surface area (Å²) in [5, 5.41) is 4.90. The van der Waals surface area contributed by atoms with Crippen molar-refractivity contribution in [3.05, 3.63) is 29.5 Å². The van der Waals surface area contributed by atoms with E-state index < -0.39 is 0 Å². The lowest BCUT2D eigenvalue weighted by Crippen LogP contribution is -2.40. The molecule has 5 nitrogen and oxygen atoms in total. The van der Waals surface area contributed by atoms with E-state index in [9.17, 15) is 4.79 Å². The summed E-state index contributed by atoms with van der Waals surface area (Å²) in [6, 6.07) is 3.91. The van der Waals surface area contributed by atoms with Crippen molar-refractivity contribution in [3.63, 3.8) is 0 Å². The molecule has 0 atom stereocenters. The topological polar surface area (TPSA) is 58.4 Å². The Morgan fingerprint density at radius 2 is 2.38 bits per heavy atom. The Morgan fingerprint density at radius 1 is 1.43 bits per heavy atom. The minimum Gasteiger partial charge on any atom is -0.443 e. The first-order chi connectivity index (χ1) is 10.3. The van der Waals surface area contributed by atoms with Gasteiger partial charge in [-0.1, -0.05) is 6.07 Å². The van der Waals surface area contributed by atoms with Gasteiger partial charge in [-0.05, 0) is 23.6 Å². The predicted octanol–water partition coefficient (Wildman–Crippen LogP) is 3.05. The molecule has 0 aliphatic carbocycles. The Bertz CT molecular complexity index is 575. The fourth-order valence-electron chi connectivity index (χ4n) is 2.13. The number of amides is 2. The maximum Gasteiger partial charge on any atom is 0.317 e. The first kappa shape index (κ1) is 14.5. The summed E-state index contributed by atoms with van der Waals surface area (Å²) in [4.78, 5) is 19.4. The highest BCUT2D eigenvalue weighted by molar-refractivity contribution is 7.99. The third-order valence-electron chi connectivity index (χ3n) is 3.21. The molecule has 1 aliphatic rings. The highest BCUT2D eigenvalue weighted by Crippen LogP contribution is 2.23. The van der Waals surface area contributed by atoms with Crippen LogP contribution in [0.5, 0.6) is 0 Å². The van der Waals surface area contributed by atoms with Crippen molar-refractivity contribution < 1.29 is 9.21 Å². The molecular weight excluding hydrogens is 306 g/mol. The fourth-order valence-corrected chi connectivity index (χ4v) is 3.67. The molecule has 7 heteroatoms. The van der Waals surface area contributed by atoms with Crippen molar-refractivity contribution in [2.75, 3.05) is 24.6 Å². The lowest BCUT2D eigenvalue weighted by Gasteiger charge is -2.19. The summed E-state index contributed by atoms with van der Waals surface area (Å²) < 4.78 is 5.44. The van der Waals surface area contributed by atoms with E-state index in [2.05, 4.69) is 10.3 Å². The number of thioether (sulfide) groups is 1. The zero-order valence-electron chi connectivity index (χ0n) is 11.6. The lowest BCUT2D eigenvalue weighted by molar-refractivity contribution is 0.201. The molecule has 1 N–H and O–H groups in total. The summed E-state index contributed by atoms with van der Waals surface area (Å²) in [7, 11) is 0. The number of carbonyl (C=O) groups excluding carboxylic acids is 1.